The van der Waals surface area contributed by atoms with E-state index in [1.165, 1.54) is 6.92 Å². The van der Waals surface area contributed by atoms with Crippen LogP contribution in [0.3, 0.4) is 0 Å². The normalized spacial score (nSPS) is 14.2. The Balaban J connectivity index is 2.64. The maximum atomic E-state index is 10.8. The number of hydrogen-bond donors (Lipinski definition) is 3. The van der Waals surface area contributed by atoms with Crippen LogP contribution in [0, 0.1) is 6.92 Å². The Labute approximate surface area is 110 Å². The van der Waals surface area contributed by atoms with E-state index in [-0.39, 0.29) is 5.12 Å². The van der Waals surface area contributed by atoms with Crippen molar-refractivity contribution in [2.45, 2.75) is 32.5 Å². The van der Waals surface area contributed by atoms with E-state index < -0.39 is 12.2 Å². The molecular weight excluding hydrogens is 252 g/mol. The molecule has 2 atom stereocenters. The average molecular weight is 270 g/mol. The first kappa shape index (κ1) is 14.9. The van der Waals surface area contributed by atoms with Crippen LogP contribution in [0.25, 0.3) is 0 Å². The summed E-state index contributed by atoms with van der Waals surface area (Å²) in [6.07, 6.45) is -1.72. The molecule has 6 heteroatoms. The number of nitrogen functional groups attached to an aromatic ring is 1. The Hall–Kier alpha value is -1.11. The number of aromatic nitrogens is 1. The first-order chi connectivity index (χ1) is 8.41. The number of carbonyl (C=O) groups is 1. The quantitative estimate of drug-likeness (QED) is 0.739. The van der Waals surface area contributed by atoms with Crippen LogP contribution in [0.5, 0.6) is 0 Å². The molecule has 1 aromatic heterocycles. The van der Waals surface area contributed by atoms with Gasteiger partial charge in [0.25, 0.3) is 0 Å². The molecular formula is C12H18N2O3S. The largest absolute Gasteiger partial charge is 0.390 e. The predicted octanol–water partition coefficient (Wildman–Crippen LogP) is 1.04. The number of aryl methyl sites for hydroxylation is 1. The lowest BCUT2D eigenvalue weighted by Crippen LogP contribution is -2.21. The molecule has 4 N–H and O–H groups in total. The van der Waals surface area contributed by atoms with E-state index in [0.29, 0.717) is 23.7 Å². The number of pyridine rings is 1. The molecule has 1 rings (SSSR count). The Morgan fingerprint density at radius 3 is 2.78 bits per heavy atom. The Bertz CT molecular complexity index is 426. The Morgan fingerprint density at radius 2 is 2.17 bits per heavy atom. The van der Waals surface area contributed by atoms with Crippen molar-refractivity contribution >= 4 is 22.7 Å². The maximum Gasteiger partial charge on any atom is 0.185 e. The van der Waals surface area contributed by atoms with Gasteiger partial charge in [-0.2, -0.15) is 0 Å². The maximum absolute atomic E-state index is 10.8. The van der Waals surface area contributed by atoms with Gasteiger partial charge in [0.15, 0.2) is 5.12 Å². The van der Waals surface area contributed by atoms with Crippen LogP contribution in [-0.4, -0.2) is 32.2 Å². The van der Waals surface area contributed by atoms with E-state index >= 15 is 0 Å². The van der Waals surface area contributed by atoms with Gasteiger partial charge in [-0.15, -0.1) is 0 Å². The number of anilines is 1. The van der Waals surface area contributed by atoms with Crippen LogP contribution in [0.1, 0.15) is 30.7 Å². The number of carbonyl (C=O) groups excluding carboxylic acids is 1. The summed E-state index contributed by atoms with van der Waals surface area (Å²) < 4.78 is 0. The fourth-order valence-corrected chi connectivity index (χ4v) is 2.17. The molecule has 0 saturated carbocycles. The van der Waals surface area contributed by atoms with Crippen LogP contribution in [-0.2, 0) is 4.79 Å². The number of thioether (sulfide) groups is 1. The van der Waals surface area contributed by atoms with Gasteiger partial charge in [0.05, 0.1) is 11.8 Å². The van der Waals surface area contributed by atoms with Gasteiger partial charge < -0.3 is 15.9 Å². The third kappa shape index (κ3) is 4.29. The molecule has 0 spiro atoms. The van der Waals surface area contributed by atoms with E-state index in [2.05, 4.69) is 4.98 Å². The van der Waals surface area contributed by atoms with Crippen molar-refractivity contribution in [3.63, 3.8) is 0 Å². The summed E-state index contributed by atoms with van der Waals surface area (Å²) in [5, 5.41) is 19.8. The first-order valence-corrected chi connectivity index (χ1v) is 6.63. The van der Waals surface area contributed by atoms with E-state index in [1.807, 2.05) is 0 Å². The van der Waals surface area contributed by atoms with Crippen molar-refractivity contribution < 1.29 is 15.0 Å². The number of nitrogens with two attached hydrogens (primary N) is 1. The average Bonchev–Trinajstić information content (AvgIpc) is 2.30. The molecule has 2 unspecified atom stereocenters. The summed E-state index contributed by atoms with van der Waals surface area (Å²) in [6, 6.07) is 3.39. The van der Waals surface area contributed by atoms with Crippen LogP contribution < -0.4 is 5.73 Å². The third-order valence-corrected chi connectivity index (χ3v) is 3.37. The zero-order valence-electron chi connectivity index (χ0n) is 10.5. The highest BCUT2D eigenvalue weighted by Crippen LogP contribution is 2.22. The third-order valence-electron chi connectivity index (χ3n) is 2.52. The molecule has 1 aromatic rings. The number of nitrogens with zero attached hydrogens (tertiary/aromatic N) is 1. The predicted molar refractivity (Wildman–Crippen MR) is 72.1 cm³/mol. The SMILES string of the molecule is CC(=O)SCCC(O)C(O)c1nc(N)ccc1C. The summed E-state index contributed by atoms with van der Waals surface area (Å²) in [5.41, 5.74) is 6.71. The van der Waals surface area contributed by atoms with E-state index in [0.717, 1.165) is 17.3 Å². The summed E-state index contributed by atoms with van der Waals surface area (Å²) in [4.78, 5) is 14.8. The smallest absolute Gasteiger partial charge is 0.185 e. The van der Waals surface area contributed by atoms with Crippen molar-refractivity contribution in [2.24, 2.45) is 0 Å². The molecule has 18 heavy (non-hydrogen) atoms. The molecule has 100 valence electrons. The Kier molecular flexibility index (Phi) is 5.58. The van der Waals surface area contributed by atoms with Crippen LogP contribution in [0.2, 0.25) is 0 Å². The molecule has 0 bridgehead atoms. The van der Waals surface area contributed by atoms with Crippen LogP contribution in [0.15, 0.2) is 12.1 Å². The van der Waals surface area contributed by atoms with E-state index in [9.17, 15) is 15.0 Å². The summed E-state index contributed by atoms with van der Waals surface area (Å²) in [6.45, 7) is 3.26. The van der Waals surface area contributed by atoms with Gasteiger partial charge in [-0.3, -0.25) is 4.79 Å². The Morgan fingerprint density at radius 1 is 1.50 bits per heavy atom. The molecule has 5 nitrogen and oxygen atoms in total. The van der Waals surface area contributed by atoms with Gasteiger partial charge in [0.1, 0.15) is 11.9 Å². The van der Waals surface area contributed by atoms with Crippen molar-refractivity contribution in [2.75, 3.05) is 11.5 Å². The number of rotatable bonds is 5. The fraction of sp³-hybridized carbons (Fsp3) is 0.500. The lowest BCUT2D eigenvalue weighted by Gasteiger charge is -2.18. The highest BCUT2D eigenvalue weighted by atomic mass is 32.2. The zero-order valence-corrected chi connectivity index (χ0v) is 11.3. The van der Waals surface area contributed by atoms with Crippen LogP contribution >= 0.6 is 11.8 Å². The van der Waals surface area contributed by atoms with Crippen molar-refractivity contribution in [3.05, 3.63) is 23.4 Å². The van der Waals surface area contributed by atoms with E-state index in [1.54, 1.807) is 19.1 Å². The highest BCUT2D eigenvalue weighted by molar-refractivity contribution is 8.13. The van der Waals surface area contributed by atoms with Gasteiger partial charge in [-0.1, -0.05) is 17.8 Å². The molecule has 0 radical (unpaired) electrons. The molecule has 0 fully saturated rings. The van der Waals surface area contributed by atoms with Gasteiger partial charge in [-0.05, 0) is 25.0 Å². The molecule has 0 aliphatic rings. The van der Waals surface area contributed by atoms with Crippen molar-refractivity contribution in [1.29, 1.82) is 0 Å². The number of aliphatic hydroxyl groups excluding tert-OH is 2. The fourth-order valence-electron chi connectivity index (χ4n) is 1.52. The van der Waals surface area contributed by atoms with E-state index in [4.69, 9.17) is 5.73 Å². The molecule has 0 aliphatic carbocycles. The highest BCUT2D eigenvalue weighted by Gasteiger charge is 2.21. The van der Waals surface area contributed by atoms with Gasteiger partial charge >= 0.3 is 0 Å². The van der Waals surface area contributed by atoms with Gasteiger partial charge in [-0.25, -0.2) is 4.98 Å². The number of hydrogen-bond acceptors (Lipinski definition) is 6. The standard InChI is InChI=1S/C12H18N2O3S/c1-7-3-4-10(13)14-11(7)12(17)9(16)5-6-18-8(2)15/h3-4,9,12,16-17H,5-6H2,1-2H3,(H2,13,14). The molecule has 0 aromatic carbocycles. The second-order valence-electron chi connectivity index (χ2n) is 4.08. The van der Waals surface area contributed by atoms with Gasteiger partial charge in [0.2, 0.25) is 0 Å². The van der Waals surface area contributed by atoms with Crippen molar-refractivity contribution in [1.82, 2.24) is 4.98 Å². The second-order valence-corrected chi connectivity index (χ2v) is 5.35. The molecule has 1 heterocycles. The van der Waals surface area contributed by atoms with Crippen LogP contribution in [0.4, 0.5) is 5.82 Å². The summed E-state index contributed by atoms with van der Waals surface area (Å²) in [7, 11) is 0. The zero-order chi connectivity index (χ0) is 13.7. The minimum atomic E-state index is -1.08. The minimum absolute atomic E-state index is 0.00468. The lowest BCUT2D eigenvalue weighted by molar-refractivity contribution is -0.109. The summed E-state index contributed by atoms with van der Waals surface area (Å²) in [5.74, 6) is 0.773. The lowest BCUT2D eigenvalue weighted by atomic mass is 10.0. The topological polar surface area (TPSA) is 96.4 Å². The van der Waals surface area contributed by atoms with Gasteiger partial charge in [0, 0.05) is 12.7 Å². The second kappa shape index (κ2) is 6.72. The molecule has 0 aliphatic heterocycles. The molecule has 0 amide bonds. The summed E-state index contributed by atoms with van der Waals surface area (Å²) >= 11 is 1.12. The monoisotopic (exact) mass is 270 g/mol. The minimum Gasteiger partial charge on any atom is -0.390 e. The van der Waals surface area contributed by atoms with Crippen molar-refractivity contribution in [3.8, 4) is 0 Å². The first-order valence-electron chi connectivity index (χ1n) is 5.64. The molecule has 0 saturated heterocycles. The number of aliphatic hydroxyl groups is 2.